The first-order valence-corrected chi connectivity index (χ1v) is 4.46. The van der Waals surface area contributed by atoms with Crippen LogP contribution in [0.3, 0.4) is 0 Å². The van der Waals surface area contributed by atoms with Gasteiger partial charge >= 0.3 is 0 Å². The quantitative estimate of drug-likeness (QED) is 0.632. The van der Waals surface area contributed by atoms with E-state index in [2.05, 4.69) is 5.32 Å². The van der Waals surface area contributed by atoms with Crippen LogP contribution in [0.15, 0.2) is 18.2 Å². The molecule has 1 aliphatic rings. The molecule has 0 spiro atoms. The molecule has 1 aromatic rings. The SMILES string of the molecule is COC1NCCc2cc(N)ccc21. The summed E-state index contributed by atoms with van der Waals surface area (Å²) < 4.78 is 5.31. The van der Waals surface area contributed by atoms with Gasteiger partial charge in [-0.1, -0.05) is 6.07 Å². The van der Waals surface area contributed by atoms with Gasteiger partial charge in [0.2, 0.25) is 0 Å². The van der Waals surface area contributed by atoms with E-state index >= 15 is 0 Å². The molecular weight excluding hydrogens is 164 g/mol. The zero-order valence-corrected chi connectivity index (χ0v) is 7.71. The average Bonchev–Trinajstić information content (AvgIpc) is 2.16. The molecule has 2 rings (SSSR count). The summed E-state index contributed by atoms with van der Waals surface area (Å²) >= 11 is 0. The molecule has 0 fully saturated rings. The Bertz CT molecular complexity index is 312. The Morgan fingerprint density at radius 3 is 3.15 bits per heavy atom. The number of methoxy groups -OCH3 is 1. The number of hydrogen-bond acceptors (Lipinski definition) is 3. The van der Waals surface area contributed by atoms with Crippen molar-refractivity contribution in [1.29, 1.82) is 0 Å². The minimum absolute atomic E-state index is 0.0318. The average molecular weight is 178 g/mol. The van der Waals surface area contributed by atoms with E-state index in [1.807, 2.05) is 18.2 Å². The van der Waals surface area contributed by atoms with Crippen molar-refractivity contribution in [2.24, 2.45) is 0 Å². The molecule has 0 radical (unpaired) electrons. The van der Waals surface area contributed by atoms with Gasteiger partial charge in [0.1, 0.15) is 6.23 Å². The Kier molecular flexibility index (Phi) is 2.20. The summed E-state index contributed by atoms with van der Waals surface area (Å²) in [5.41, 5.74) is 9.04. The third kappa shape index (κ3) is 1.53. The number of hydrogen-bond donors (Lipinski definition) is 2. The third-order valence-corrected chi connectivity index (χ3v) is 2.41. The molecule has 1 aromatic carbocycles. The number of ether oxygens (including phenoxy) is 1. The predicted octanol–water partition coefficient (Wildman–Crippen LogP) is 1.06. The molecule has 0 amide bonds. The van der Waals surface area contributed by atoms with Crippen LogP contribution in [0.5, 0.6) is 0 Å². The maximum absolute atomic E-state index is 5.71. The first kappa shape index (κ1) is 8.53. The highest BCUT2D eigenvalue weighted by Gasteiger charge is 2.18. The van der Waals surface area contributed by atoms with Crippen LogP contribution < -0.4 is 11.1 Å². The van der Waals surface area contributed by atoms with Crippen LogP contribution in [0.2, 0.25) is 0 Å². The first-order valence-electron chi connectivity index (χ1n) is 4.46. The molecular formula is C10H14N2O. The highest BCUT2D eigenvalue weighted by Crippen LogP contribution is 2.24. The van der Waals surface area contributed by atoms with Gasteiger partial charge in [-0.05, 0) is 29.7 Å². The van der Waals surface area contributed by atoms with Gasteiger partial charge in [0.25, 0.3) is 0 Å². The van der Waals surface area contributed by atoms with Gasteiger partial charge in [0.15, 0.2) is 0 Å². The summed E-state index contributed by atoms with van der Waals surface area (Å²) in [4.78, 5) is 0. The van der Waals surface area contributed by atoms with E-state index in [-0.39, 0.29) is 6.23 Å². The smallest absolute Gasteiger partial charge is 0.134 e. The van der Waals surface area contributed by atoms with E-state index in [1.54, 1.807) is 7.11 Å². The molecule has 1 unspecified atom stereocenters. The second-order valence-electron chi connectivity index (χ2n) is 3.28. The van der Waals surface area contributed by atoms with E-state index in [0.717, 1.165) is 18.7 Å². The molecule has 1 aliphatic heterocycles. The molecule has 0 aromatic heterocycles. The fourth-order valence-electron chi connectivity index (χ4n) is 1.76. The number of rotatable bonds is 1. The maximum atomic E-state index is 5.71. The van der Waals surface area contributed by atoms with Crippen LogP contribution in [0.4, 0.5) is 5.69 Å². The lowest BCUT2D eigenvalue weighted by molar-refractivity contribution is 0.0686. The topological polar surface area (TPSA) is 47.3 Å². The van der Waals surface area contributed by atoms with Crippen molar-refractivity contribution < 1.29 is 4.74 Å². The van der Waals surface area contributed by atoms with Gasteiger partial charge in [0.05, 0.1) is 0 Å². The van der Waals surface area contributed by atoms with Gasteiger partial charge < -0.3 is 10.5 Å². The van der Waals surface area contributed by atoms with Crippen molar-refractivity contribution in [3.05, 3.63) is 29.3 Å². The number of nitrogen functional groups attached to an aromatic ring is 1. The fourth-order valence-corrected chi connectivity index (χ4v) is 1.76. The van der Waals surface area contributed by atoms with Crippen LogP contribution in [-0.4, -0.2) is 13.7 Å². The summed E-state index contributed by atoms with van der Waals surface area (Å²) in [6.07, 6.45) is 1.06. The van der Waals surface area contributed by atoms with E-state index in [9.17, 15) is 0 Å². The maximum Gasteiger partial charge on any atom is 0.134 e. The van der Waals surface area contributed by atoms with Crippen molar-refractivity contribution in [2.45, 2.75) is 12.6 Å². The number of benzene rings is 1. The summed E-state index contributed by atoms with van der Waals surface area (Å²) in [5.74, 6) is 0. The molecule has 0 aliphatic carbocycles. The van der Waals surface area contributed by atoms with E-state index in [0.29, 0.717) is 0 Å². The van der Waals surface area contributed by atoms with Gasteiger partial charge in [-0.25, -0.2) is 0 Å². The normalized spacial score (nSPS) is 21.2. The Morgan fingerprint density at radius 1 is 1.54 bits per heavy atom. The van der Waals surface area contributed by atoms with Gasteiger partial charge in [-0.3, -0.25) is 5.32 Å². The van der Waals surface area contributed by atoms with Crippen molar-refractivity contribution >= 4 is 5.69 Å². The minimum Gasteiger partial charge on any atom is -0.399 e. The fraction of sp³-hybridized carbons (Fsp3) is 0.400. The zero-order valence-electron chi connectivity index (χ0n) is 7.71. The lowest BCUT2D eigenvalue weighted by Gasteiger charge is -2.25. The van der Waals surface area contributed by atoms with Crippen molar-refractivity contribution in [3.8, 4) is 0 Å². The van der Waals surface area contributed by atoms with Crippen LogP contribution in [0, 0.1) is 0 Å². The van der Waals surface area contributed by atoms with Crippen molar-refractivity contribution in [1.82, 2.24) is 5.32 Å². The Hall–Kier alpha value is -1.06. The summed E-state index contributed by atoms with van der Waals surface area (Å²) in [7, 11) is 1.71. The van der Waals surface area contributed by atoms with Gasteiger partial charge in [0, 0.05) is 19.3 Å². The van der Waals surface area contributed by atoms with Crippen LogP contribution in [0.25, 0.3) is 0 Å². The number of anilines is 1. The number of nitrogens with two attached hydrogens (primary N) is 1. The van der Waals surface area contributed by atoms with E-state index in [1.165, 1.54) is 11.1 Å². The molecule has 0 bridgehead atoms. The van der Waals surface area contributed by atoms with Crippen LogP contribution in [0.1, 0.15) is 17.4 Å². The summed E-state index contributed by atoms with van der Waals surface area (Å²) in [6.45, 7) is 0.953. The van der Waals surface area contributed by atoms with Gasteiger partial charge in [-0.2, -0.15) is 0 Å². The monoisotopic (exact) mass is 178 g/mol. The standard InChI is InChI=1S/C10H14N2O/c1-13-10-9-3-2-8(11)6-7(9)4-5-12-10/h2-3,6,10,12H,4-5,11H2,1H3. The molecule has 1 atom stereocenters. The Labute approximate surface area is 77.9 Å². The molecule has 1 heterocycles. The predicted molar refractivity (Wildman–Crippen MR) is 52.3 cm³/mol. The molecule has 70 valence electrons. The Morgan fingerprint density at radius 2 is 2.38 bits per heavy atom. The Balaban J connectivity index is 2.40. The third-order valence-electron chi connectivity index (χ3n) is 2.41. The van der Waals surface area contributed by atoms with E-state index in [4.69, 9.17) is 10.5 Å². The lowest BCUT2D eigenvalue weighted by Crippen LogP contribution is -2.30. The van der Waals surface area contributed by atoms with Crippen LogP contribution in [-0.2, 0) is 11.2 Å². The second kappa shape index (κ2) is 3.36. The number of fused-ring (bicyclic) bond motifs is 1. The molecule has 0 saturated carbocycles. The minimum atomic E-state index is 0.0318. The molecule has 3 N–H and O–H groups in total. The highest BCUT2D eigenvalue weighted by atomic mass is 16.5. The van der Waals surface area contributed by atoms with Crippen molar-refractivity contribution in [2.75, 3.05) is 19.4 Å². The summed E-state index contributed by atoms with van der Waals surface area (Å²) in [5, 5.41) is 3.28. The zero-order chi connectivity index (χ0) is 9.26. The van der Waals surface area contributed by atoms with Crippen LogP contribution >= 0.6 is 0 Å². The lowest BCUT2D eigenvalue weighted by atomic mass is 9.99. The molecule has 3 nitrogen and oxygen atoms in total. The summed E-state index contributed by atoms with van der Waals surface area (Å²) in [6, 6.07) is 5.98. The first-order chi connectivity index (χ1) is 6.31. The highest BCUT2D eigenvalue weighted by molar-refractivity contribution is 5.46. The number of nitrogens with one attached hydrogen (secondary N) is 1. The van der Waals surface area contributed by atoms with Gasteiger partial charge in [-0.15, -0.1) is 0 Å². The molecule has 3 heteroatoms. The van der Waals surface area contributed by atoms with Crippen molar-refractivity contribution in [3.63, 3.8) is 0 Å². The second-order valence-corrected chi connectivity index (χ2v) is 3.28. The largest absolute Gasteiger partial charge is 0.399 e. The van der Waals surface area contributed by atoms with E-state index < -0.39 is 0 Å². The molecule has 13 heavy (non-hydrogen) atoms. The molecule has 0 saturated heterocycles.